The molecule has 4 aliphatic carbocycles. The molecule has 0 aromatic rings. The van der Waals surface area contributed by atoms with E-state index in [4.69, 9.17) is 0 Å². The fourth-order valence-electron chi connectivity index (χ4n) is 4.57. The second-order valence-electron chi connectivity index (χ2n) is 6.21. The highest BCUT2D eigenvalue weighted by Gasteiger charge is 2.50. The smallest absolute Gasteiger partial charge is 0.0954 e. The first-order chi connectivity index (χ1) is 7.94. The Hall–Kier alpha value is 0.260. The lowest BCUT2D eigenvalue weighted by atomic mass is 9.56. The van der Waals surface area contributed by atoms with Crippen LogP contribution in [0.3, 0.4) is 0 Å². The summed E-state index contributed by atoms with van der Waals surface area (Å²) in [5.74, 6) is 2.96. The molecule has 4 saturated carbocycles. The standard InChI is InChI=1S/C12H20O3S2/c13-17(14,15)2-1-16-12-6-9-3-10(7-12)5-11(4-9)8-12/h9-11H,1-8H2,(H,13,14,15)/p-1. The maximum absolute atomic E-state index is 10.6. The fourth-order valence-corrected chi connectivity index (χ4v) is 7.21. The first kappa shape index (κ1) is 12.3. The van der Waals surface area contributed by atoms with Crippen LogP contribution in [0.25, 0.3) is 0 Å². The topological polar surface area (TPSA) is 57.2 Å². The lowest BCUT2D eigenvalue weighted by Crippen LogP contribution is -2.48. The van der Waals surface area contributed by atoms with Gasteiger partial charge in [0.2, 0.25) is 0 Å². The molecular formula is C12H19O3S2-. The molecule has 0 amide bonds. The maximum Gasteiger partial charge on any atom is 0.0954 e. The van der Waals surface area contributed by atoms with Gasteiger partial charge in [-0.25, -0.2) is 8.42 Å². The van der Waals surface area contributed by atoms with Crippen LogP contribution in [-0.2, 0) is 10.1 Å². The fraction of sp³-hybridized carbons (Fsp3) is 1.00. The Labute approximate surface area is 107 Å². The molecule has 4 aliphatic rings. The van der Waals surface area contributed by atoms with Gasteiger partial charge in [-0.05, 0) is 56.3 Å². The second-order valence-corrected chi connectivity index (χ2v) is 9.30. The Morgan fingerprint density at radius 2 is 1.53 bits per heavy atom. The van der Waals surface area contributed by atoms with Crippen molar-refractivity contribution in [3.05, 3.63) is 0 Å². The summed E-state index contributed by atoms with van der Waals surface area (Å²) in [6, 6.07) is 0. The molecule has 4 rings (SSSR count). The van der Waals surface area contributed by atoms with Gasteiger partial charge in [-0.3, -0.25) is 0 Å². The first-order valence-electron chi connectivity index (χ1n) is 6.52. The van der Waals surface area contributed by atoms with Gasteiger partial charge >= 0.3 is 0 Å². The van der Waals surface area contributed by atoms with E-state index < -0.39 is 10.1 Å². The van der Waals surface area contributed by atoms with Crippen molar-refractivity contribution in [2.45, 2.75) is 43.3 Å². The minimum Gasteiger partial charge on any atom is -0.748 e. The van der Waals surface area contributed by atoms with Crippen molar-refractivity contribution in [2.75, 3.05) is 11.5 Å². The predicted molar refractivity (Wildman–Crippen MR) is 67.9 cm³/mol. The van der Waals surface area contributed by atoms with E-state index in [1.54, 1.807) is 11.8 Å². The Kier molecular flexibility index (Phi) is 2.99. The van der Waals surface area contributed by atoms with E-state index in [0.717, 1.165) is 17.8 Å². The molecule has 0 spiro atoms. The van der Waals surface area contributed by atoms with E-state index >= 15 is 0 Å². The summed E-state index contributed by atoms with van der Waals surface area (Å²) in [5.41, 5.74) is 0. The van der Waals surface area contributed by atoms with E-state index in [1.165, 1.54) is 38.5 Å². The van der Waals surface area contributed by atoms with E-state index in [0.29, 0.717) is 10.5 Å². The number of rotatable bonds is 4. The molecule has 0 heterocycles. The van der Waals surface area contributed by atoms with Crippen LogP contribution in [0.2, 0.25) is 0 Å². The van der Waals surface area contributed by atoms with Crippen LogP contribution < -0.4 is 0 Å². The predicted octanol–water partition coefficient (Wildman–Crippen LogP) is 2.23. The van der Waals surface area contributed by atoms with Crippen LogP contribution in [0.15, 0.2) is 0 Å². The van der Waals surface area contributed by atoms with Gasteiger partial charge in [0, 0.05) is 16.3 Å². The summed E-state index contributed by atoms with van der Waals surface area (Å²) in [6.07, 6.45) is 8.01. The van der Waals surface area contributed by atoms with Crippen LogP contribution in [-0.4, -0.2) is 29.2 Å². The Morgan fingerprint density at radius 3 is 1.94 bits per heavy atom. The van der Waals surface area contributed by atoms with Gasteiger partial charge in [-0.2, -0.15) is 11.8 Å². The maximum atomic E-state index is 10.6. The average Bonchev–Trinajstić information content (AvgIpc) is 2.11. The average molecular weight is 275 g/mol. The van der Waals surface area contributed by atoms with E-state index in [1.807, 2.05) is 0 Å². The molecule has 0 aromatic heterocycles. The second kappa shape index (κ2) is 4.14. The molecule has 0 radical (unpaired) electrons. The molecule has 5 heteroatoms. The highest BCUT2D eigenvalue weighted by atomic mass is 32.2. The van der Waals surface area contributed by atoms with Crippen molar-refractivity contribution in [1.82, 2.24) is 0 Å². The quantitative estimate of drug-likeness (QED) is 0.738. The molecule has 0 N–H and O–H groups in total. The summed E-state index contributed by atoms with van der Waals surface area (Å²) in [7, 11) is -4.03. The molecular weight excluding hydrogens is 256 g/mol. The van der Waals surface area contributed by atoms with E-state index in [2.05, 4.69) is 0 Å². The molecule has 3 nitrogen and oxygen atoms in total. The van der Waals surface area contributed by atoms with Gasteiger partial charge in [0.1, 0.15) is 0 Å². The Morgan fingerprint density at radius 1 is 1.06 bits per heavy atom. The van der Waals surface area contributed by atoms with Gasteiger partial charge in [0.05, 0.1) is 10.1 Å². The largest absolute Gasteiger partial charge is 0.748 e. The van der Waals surface area contributed by atoms with Gasteiger partial charge in [0.15, 0.2) is 0 Å². The molecule has 0 unspecified atom stereocenters. The molecule has 0 aromatic carbocycles. The number of hydrogen-bond donors (Lipinski definition) is 0. The zero-order valence-corrected chi connectivity index (χ0v) is 11.6. The summed E-state index contributed by atoms with van der Waals surface area (Å²) in [6.45, 7) is 0. The number of thioether (sulfide) groups is 1. The monoisotopic (exact) mass is 275 g/mol. The van der Waals surface area contributed by atoms with Crippen molar-refractivity contribution in [3.63, 3.8) is 0 Å². The normalized spacial score (nSPS) is 44.2. The lowest BCUT2D eigenvalue weighted by Gasteiger charge is -2.56. The molecule has 0 saturated heterocycles. The minimum atomic E-state index is -4.03. The van der Waals surface area contributed by atoms with Crippen molar-refractivity contribution in [1.29, 1.82) is 0 Å². The van der Waals surface area contributed by atoms with Crippen LogP contribution in [0, 0.1) is 17.8 Å². The first-order valence-corrected chi connectivity index (χ1v) is 9.08. The molecule has 98 valence electrons. The van der Waals surface area contributed by atoms with Gasteiger partial charge in [-0.15, -0.1) is 0 Å². The minimum absolute atomic E-state index is 0.195. The lowest BCUT2D eigenvalue weighted by molar-refractivity contribution is 0.0384. The van der Waals surface area contributed by atoms with Crippen molar-refractivity contribution in [3.8, 4) is 0 Å². The molecule has 4 fully saturated rings. The molecule has 17 heavy (non-hydrogen) atoms. The highest BCUT2D eigenvalue weighted by Crippen LogP contribution is 2.60. The zero-order valence-electron chi connectivity index (χ0n) is 9.93. The Bertz CT molecular complexity index is 367. The summed E-state index contributed by atoms with van der Waals surface area (Å²) in [5, 5.41) is 0. The zero-order chi connectivity index (χ0) is 12.1. The van der Waals surface area contributed by atoms with Crippen LogP contribution in [0.4, 0.5) is 0 Å². The molecule has 4 bridgehead atoms. The summed E-state index contributed by atoms with van der Waals surface area (Å²) >= 11 is 1.78. The third-order valence-electron chi connectivity index (χ3n) is 4.72. The Balaban J connectivity index is 1.62. The summed E-state index contributed by atoms with van der Waals surface area (Å²) in [4.78, 5) is 0. The number of hydrogen-bond acceptors (Lipinski definition) is 4. The van der Waals surface area contributed by atoms with Gasteiger partial charge < -0.3 is 4.55 Å². The van der Waals surface area contributed by atoms with Crippen molar-refractivity contribution >= 4 is 21.9 Å². The third-order valence-corrected chi connectivity index (χ3v) is 7.21. The van der Waals surface area contributed by atoms with Crippen molar-refractivity contribution < 1.29 is 13.0 Å². The highest BCUT2D eigenvalue weighted by molar-refractivity contribution is 8.01. The SMILES string of the molecule is O=S(=O)([O-])CCSC12CC3CC(CC(C3)C1)C2. The molecule has 0 atom stereocenters. The van der Waals surface area contributed by atoms with Gasteiger partial charge in [0.25, 0.3) is 0 Å². The molecule has 0 aliphatic heterocycles. The summed E-state index contributed by atoms with van der Waals surface area (Å²) < 4.78 is 32.3. The van der Waals surface area contributed by atoms with Crippen molar-refractivity contribution in [2.24, 2.45) is 17.8 Å². The van der Waals surface area contributed by atoms with Crippen LogP contribution in [0.1, 0.15) is 38.5 Å². The third kappa shape index (κ3) is 2.66. The van der Waals surface area contributed by atoms with E-state index in [9.17, 15) is 13.0 Å². The van der Waals surface area contributed by atoms with Gasteiger partial charge in [-0.1, -0.05) is 0 Å². The van der Waals surface area contributed by atoms with Crippen LogP contribution in [0.5, 0.6) is 0 Å². The van der Waals surface area contributed by atoms with Crippen LogP contribution >= 0.6 is 11.8 Å². The van der Waals surface area contributed by atoms with E-state index in [-0.39, 0.29) is 5.75 Å².